The van der Waals surface area contributed by atoms with E-state index in [4.69, 9.17) is 9.47 Å². The van der Waals surface area contributed by atoms with E-state index < -0.39 is 11.6 Å². The van der Waals surface area contributed by atoms with Crippen molar-refractivity contribution in [2.75, 3.05) is 13.2 Å². The van der Waals surface area contributed by atoms with Gasteiger partial charge in [-0.25, -0.2) is 0 Å². The van der Waals surface area contributed by atoms with Crippen LogP contribution in [-0.4, -0.2) is 13.2 Å². The lowest BCUT2D eigenvalue weighted by molar-refractivity contribution is 0.174. The smallest absolute Gasteiger partial charge is 0.204 e. The molecule has 1 aromatic rings. The van der Waals surface area contributed by atoms with Crippen LogP contribution < -0.4 is 9.47 Å². The maximum Gasteiger partial charge on any atom is 0.204 e. The lowest BCUT2D eigenvalue weighted by atomic mass is 9.81. The molecule has 4 heteroatoms. The highest BCUT2D eigenvalue weighted by molar-refractivity contribution is 5.35. The Balaban J connectivity index is 1.87. The quantitative estimate of drug-likeness (QED) is 0.567. The van der Waals surface area contributed by atoms with Gasteiger partial charge in [0.05, 0.1) is 13.2 Å². The molecule has 0 radical (unpaired) electrons. The van der Waals surface area contributed by atoms with Gasteiger partial charge < -0.3 is 9.47 Å². The minimum atomic E-state index is -0.951. The van der Waals surface area contributed by atoms with Gasteiger partial charge in [-0.15, -0.1) is 0 Å². The Bertz CT molecular complexity index is 483. The Kier molecular flexibility index (Phi) is 7.13. The van der Waals surface area contributed by atoms with Crippen molar-refractivity contribution in [2.45, 2.75) is 58.8 Å². The molecule has 0 atom stereocenters. The fourth-order valence-electron chi connectivity index (χ4n) is 3.08. The molecule has 1 aromatic carbocycles. The SMILES string of the molecule is CCCCOc1ccc(OCC2CCC(CC)CC2)c(F)c1F. The van der Waals surface area contributed by atoms with E-state index >= 15 is 0 Å². The molecule has 0 bridgehead atoms. The van der Waals surface area contributed by atoms with Gasteiger partial charge in [-0.1, -0.05) is 39.5 Å². The minimum absolute atomic E-state index is 0.0112. The normalized spacial score (nSPS) is 21.2. The van der Waals surface area contributed by atoms with Crippen LogP contribution in [0.25, 0.3) is 0 Å². The predicted molar refractivity (Wildman–Crippen MR) is 88.0 cm³/mol. The highest BCUT2D eigenvalue weighted by Crippen LogP contribution is 2.32. The first-order chi connectivity index (χ1) is 11.2. The average molecular weight is 326 g/mol. The maximum absolute atomic E-state index is 14.1. The van der Waals surface area contributed by atoms with E-state index in [1.165, 1.54) is 31.4 Å². The van der Waals surface area contributed by atoms with Crippen LogP contribution in [0.3, 0.4) is 0 Å². The lowest BCUT2D eigenvalue weighted by Crippen LogP contribution is -2.20. The van der Waals surface area contributed by atoms with E-state index in [-0.39, 0.29) is 11.5 Å². The Morgan fingerprint density at radius 1 is 0.913 bits per heavy atom. The van der Waals surface area contributed by atoms with Crippen molar-refractivity contribution in [3.05, 3.63) is 23.8 Å². The molecule has 0 amide bonds. The Morgan fingerprint density at radius 2 is 1.48 bits per heavy atom. The summed E-state index contributed by atoms with van der Waals surface area (Å²) in [5.74, 6) is -0.676. The molecule has 0 spiro atoms. The first-order valence-electron chi connectivity index (χ1n) is 8.89. The Hall–Kier alpha value is -1.32. The van der Waals surface area contributed by atoms with E-state index in [0.29, 0.717) is 19.1 Å². The topological polar surface area (TPSA) is 18.5 Å². The summed E-state index contributed by atoms with van der Waals surface area (Å²) in [6.07, 6.45) is 7.65. The summed E-state index contributed by atoms with van der Waals surface area (Å²) in [5, 5.41) is 0. The summed E-state index contributed by atoms with van der Waals surface area (Å²) < 4.78 is 38.8. The van der Waals surface area contributed by atoms with E-state index in [9.17, 15) is 8.78 Å². The van der Waals surface area contributed by atoms with Crippen LogP contribution in [0, 0.1) is 23.5 Å². The molecular formula is C19H28F2O2. The number of hydrogen-bond donors (Lipinski definition) is 0. The van der Waals surface area contributed by atoms with Crippen molar-refractivity contribution < 1.29 is 18.3 Å². The van der Waals surface area contributed by atoms with E-state index in [1.54, 1.807) is 0 Å². The molecule has 2 nitrogen and oxygen atoms in total. The maximum atomic E-state index is 14.1. The van der Waals surface area contributed by atoms with Gasteiger partial charge in [0.1, 0.15) is 0 Å². The Labute approximate surface area is 138 Å². The van der Waals surface area contributed by atoms with E-state index in [1.807, 2.05) is 6.92 Å². The van der Waals surface area contributed by atoms with Gasteiger partial charge in [0.25, 0.3) is 0 Å². The van der Waals surface area contributed by atoms with Gasteiger partial charge in [0.15, 0.2) is 11.5 Å². The summed E-state index contributed by atoms with van der Waals surface area (Å²) in [6, 6.07) is 2.93. The van der Waals surface area contributed by atoms with Crippen molar-refractivity contribution in [1.82, 2.24) is 0 Å². The van der Waals surface area contributed by atoms with Crippen molar-refractivity contribution in [2.24, 2.45) is 11.8 Å². The zero-order valence-corrected chi connectivity index (χ0v) is 14.2. The number of hydrogen-bond acceptors (Lipinski definition) is 2. The standard InChI is InChI=1S/C19H28F2O2/c1-3-5-12-22-16-10-11-17(19(21)18(16)20)23-13-15-8-6-14(4-2)7-9-15/h10-11,14-15H,3-9,12-13H2,1-2H3. The number of ether oxygens (including phenoxy) is 2. The van der Waals surface area contributed by atoms with Crippen molar-refractivity contribution >= 4 is 0 Å². The molecule has 0 heterocycles. The molecule has 1 aliphatic rings. The fraction of sp³-hybridized carbons (Fsp3) is 0.684. The molecule has 1 aliphatic carbocycles. The van der Waals surface area contributed by atoms with Gasteiger partial charge in [-0.3, -0.25) is 0 Å². The zero-order valence-electron chi connectivity index (χ0n) is 14.2. The lowest BCUT2D eigenvalue weighted by Gasteiger charge is -2.27. The Morgan fingerprint density at radius 3 is 2.04 bits per heavy atom. The molecule has 2 rings (SSSR count). The fourth-order valence-corrected chi connectivity index (χ4v) is 3.08. The molecular weight excluding hydrogens is 298 g/mol. The third-order valence-electron chi connectivity index (χ3n) is 4.79. The number of halogens is 2. The summed E-state index contributed by atoms with van der Waals surface area (Å²) in [5.41, 5.74) is 0. The summed E-state index contributed by atoms with van der Waals surface area (Å²) in [4.78, 5) is 0. The molecule has 1 saturated carbocycles. The highest BCUT2D eigenvalue weighted by Gasteiger charge is 2.22. The molecule has 0 aliphatic heterocycles. The number of benzene rings is 1. The van der Waals surface area contributed by atoms with Crippen LogP contribution in [0.5, 0.6) is 11.5 Å². The summed E-state index contributed by atoms with van der Waals surface area (Å²) in [7, 11) is 0. The van der Waals surface area contributed by atoms with Gasteiger partial charge in [-0.05, 0) is 43.2 Å². The summed E-state index contributed by atoms with van der Waals surface area (Å²) >= 11 is 0. The molecule has 0 N–H and O–H groups in total. The molecule has 1 fully saturated rings. The second kappa shape index (κ2) is 9.09. The van der Waals surface area contributed by atoms with Gasteiger partial charge in [0, 0.05) is 0 Å². The minimum Gasteiger partial charge on any atom is -0.490 e. The summed E-state index contributed by atoms with van der Waals surface area (Å²) in [6.45, 7) is 5.10. The molecule has 23 heavy (non-hydrogen) atoms. The van der Waals surface area contributed by atoms with Crippen molar-refractivity contribution in [1.29, 1.82) is 0 Å². The molecule has 0 unspecified atom stereocenters. The van der Waals surface area contributed by atoms with Crippen LogP contribution in [-0.2, 0) is 0 Å². The van der Waals surface area contributed by atoms with Crippen LogP contribution in [0.1, 0.15) is 58.8 Å². The van der Waals surface area contributed by atoms with Crippen molar-refractivity contribution in [3.63, 3.8) is 0 Å². The van der Waals surface area contributed by atoms with E-state index in [2.05, 4.69) is 6.92 Å². The molecule has 0 aromatic heterocycles. The molecule has 0 saturated heterocycles. The largest absolute Gasteiger partial charge is 0.490 e. The number of unbranched alkanes of at least 4 members (excludes halogenated alkanes) is 1. The van der Waals surface area contributed by atoms with Crippen LogP contribution in [0.2, 0.25) is 0 Å². The molecule has 130 valence electrons. The van der Waals surface area contributed by atoms with Crippen LogP contribution in [0.4, 0.5) is 8.78 Å². The second-order valence-electron chi connectivity index (χ2n) is 6.50. The second-order valence-corrected chi connectivity index (χ2v) is 6.50. The van der Waals surface area contributed by atoms with Gasteiger partial charge >= 0.3 is 0 Å². The number of rotatable bonds is 8. The third-order valence-corrected chi connectivity index (χ3v) is 4.79. The first kappa shape index (κ1) is 18.0. The first-order valence-corrected chi connectivity index (χ1v) is 8.89. The monoisotopic (exact) mass is 326 g/mol. The van der Waals surface area contributed by atoms with Gasteiger partial charge in [-0.2, -0.15) is 8.78 Å². The van der Waals surface area contributed by atoms with E-state index in [0.717, 1.165) is 31.6 Å². The third kappa shape index (κ3) is 5.08. The average Bonchev–Trinajstić information content (AvgIpc) is 2.58. The van der Waals surface area contributed by atoms with Gasteiger partial charge in [0.2, 0.25) is 11.6 Å². The van der Waals surface area contributed by atoms with Crippen molar-refractivity contribution in [3.8, 4) is 11.5 Å². The predicted octanol–water partition coefficient (Wildman–Crippen LogP) is 5.74. The zero-order chi connectivity index (χ0) is 16.7. The van der Waals surface area contributed by atoms with Crippen LogP contribution >= 0.6 is 0 Å². The highest BCUT2D eigenvalue weighted by atomic mass is 19.2. The van der Waals surface area contributed by atoms with Crippen LogP contribution in [0.15, 0.2) is 12.1 Å².